The Morgan fingerprint density at radius 3 is 1.19 bits per heavy atom. The summed E-state index contributed by atoms with van der Waals surface area (Å²) in [5.41, 5.74) is 0. The molecule has 0 aromatic carbocycles. The Morgan fingerprint density at radius 1 is 0.455 bits per heavy atom. The van der Waals surface area contributed by atoms with Gasteiger partial charge in [0.2, 0.25) is 5.91 Å². The van der Waals surface area contributed by atoms with E-state index in [-0.39, 0.29) is 12.8 Å². The first-order valence-electron chi connectivity index (χ1n) is 32.9. The van der Waals surface area contributed by atoms with Gasteiger partial charge in [0, 0.05) is 0 Å². The van der Waals surface area contributed by atoms with Crippen LogP contribution in [0.5, 0.6) is 0 Å². The fraction of sp³-hybridized carbons (Fsp3) is 0.894. The molecule has 1 fully saturated rings. The number of unbranched alkanes of at least 4 members (excludes halogenated alkanes) is 39. The number of nitrogens with one attached hydrogen (secondary N) is 1. The lowest BCUT2D eigenvalue weighted by Gasteiger charge is -2.40. The molecule has 1 amide bonds. The zero-order valence-corrected chi connectivity index (χ0v) is 50.0. The summed E-state index contributed by atoms with van der Waals surface area (Å²) in [7, 11) is 0. The van der Waals surface area contributed by atoms with Crippen molar-refractivity contribution in [1.82, 2.24) is 5.32 Å². The lowest BCUT2D eigenvalue weighted by Crippen LogP contribution is -2.60. The van der Waals surface area contributed by atoms with Crippen LogP contribution in [0.25, 0.3) is 0 Å². The van der Waals surface area contributed by atoms with Crippen molar-refractivity contribution >= 4 is 5.91 Å². The zero-order valence-electron chi connectivity index (χ0n) is 50.0. The van der Waals surface area contributed by atoms with Crippen LogP contribution in [0, 0.1) is 0 Å². The van der Waals surface area contributed by atoms with Gasteiger partial charge in [-0.25, -0.2) is 0 Å². The van der Waals surface area contributed by atoms with Gasteiger partial charge >= 0.3 is 0 Å². The SMILES string of the molecule is CCCCCCCCCCCCC/C=C\C/C=C\CCCCCCCCCCCCCCCCCCC(O)C(=O)NC(COC1OC(CO)C(O)C(O)C1O)C(O)C(O)CCC/C=C/CCCCCCCCCCCCC. The molecule has 0 bridgehead atoms. The van der Waals surface area contributed by atoms with Gasteiger partial charge in [0.1, 0.15) is 36.6 Å². The van der Waals surface area contributed by atoms with E-state index in [0.29, 0.717) is 12.8 Å². The maximum Gasteiger partial charge on any atom is 0.249 e. The van der Waals surface area contributed by atoms with Crippen LogP contribution in [0.1, 0.15) is 309 Å². The molecule has 77 heavy (non-hydrogen) atoms. The van der Waals surface area contributed by atoms with Gasteiger partial charge in [0.25, 0.3) is 0 Å². The number of amides is 1. The number of hydrogen-bond donors (Lipinski definition) is 8. The zero-order chi connectivity index (χ0) is 56.1. The number of aliphatic hydroxyl groups is 7. The average molecular weight is 1090 g/mol. The second-order valence-electron chi connectivity index (χ2n) is 23.2. The molecule has 9 unspecified atom stereocenters. The summed E-state index contributed by atoms with van der Waals surface area (Å²) in [5, 5.41) is 76.2. The van der Waals surface area contributed by atoms with Crippen molar-refractivity contribution < 1.29 is 50.0 Å². The van der Waals surface area contributed by atoms with Crippen LogP contribution in [0.2, 0.25) is 0 Å². The van der Waals surface area contributed by atoms with E-state index in [2.05, 4.69) is 55.6 Å². The van der Waals surface area contributed by atoms with Gasteiger partial charge in [-0.3, -0.25) is 4.79 Å². The van der Waals surface area contributed by atoms with E-state index in [9.17, 15) is 40.5 Å². The van der Waals surface area contributed by atoms with Crippen molar-refractivity contribution in [2.45, 2.75) is 364 Å². The monoisotopic (exact) mass is 1090 g/mol. The molecule has 9 atom stereocenters. The fourth-order valence-electron chi connectivity index (χ4n) is 10.6. The largest absolute Gasteiger partial charge is 0.394 e. The highest BCUT2D eigenvalue weighted by atomic mass is 16.7. The Hall–Kier alpha value is -1.67. The van der Waals surface area contributed by atoms with Crippen molar-refractivity contribution in [2.24, 2.45) is 0 Å². The van der Waals surface area contributed by atoms with Gasteiger partial charge in [0.05, 0.1) is 25.4 Å². The third kappa shape index (κ3) is 42.8. The van der Waals surface area contributed by atoms with E-state index >= 15 is 0 Å². The van der Waals surface area contributed by atoms with Crippen molar-refractivity contribution in [3.8, 4) is 0 Å². The van der Waals surface area contributed by atoms with Crippen LogP contribution in [0.15, 0.2) is 36.5 Å². The molecule has 454 valence electrons. The first kappa shape index (κ1) is 73.3. The maximum absolute atomic E-state index is 13.2. The minimum Gasteiger partial charge on any atom is -0.394 e. The second kappa shape index (κ2) is 54.9. The van der Waals surface area contributed by atoms with Gasteiger partial charge in [-0.15, -0.1) is 0 Å². The number of carbonyl (C=O) groups is 1. The van der Waals surface area contributed by atoms with Crippen LogP contribution < -0.4 is 5.32 Å². The maximum atomic E-state index is 13.2. The molecule has 8 N–H and O–H groups in total. The Morgan fingerprint density at radius 2 is 0.805 bits per heavy atom. The minimum atomic E-state index is -1.67. The van der Waals surface area contributed by atoms with Crippen LogP contribution in [-0.2, 0) is 14.3 Å². The summed E-state index contributed by atoms with van der Waals surface area (Å²) in [6.45, 7) is 3.47. The summed E-state index contributed by atoms with van der Waals surface area (Å²) >= 11 is 0. The van der Waals surface area contributed by atoms with Crippen molar-refractivity contribution in [2.75, 3.05) is 13.2 Å². The normalized spacial score (nSPS) is 19.7. The molecule has 1 heterocycles. The Bertz CT molecular complexity index is 1350. The van der Waals surface area contributed by atoms with E-state index in [4.69, 9.17) is 9.47 Å². The summed E-state index contributed by atoms with van der Waals surface area (Å²) in [4.78, 5) is 13.2. The van der Waals surface area contributed by atoms with E-state index in [1.54, 1.807) is 0 Å². The molecule has 0 aliphatic carbocycles. The molecule has 11 nitrogen and oxygen atoms in total. The highest BCUT2D eigenvalue weighted by molar-refractivity contribution is 5.80. The quantitative estimate of drug-likeness (QED) is 0.0215. The van der Waals surface area contributed by atoms with Crippen molar-refractivity contribution in [3.05, 3.63) is 36.5 Å². The molecule has 0 aromatic rings. The van der Waals surface area contributed by atoms with Gasteiger partial charge in [0.15, 0.2) is 6.29 Å². The smallest absolute Gasteiger partial charge is 0.249 e. The van der Waals surface area contributed by atoms with Gasteiger partial charge in [-0.1, -0.05) is 275 Å². The van der Waals surface area contributed by atoms with Gasteiger partial charge in [-0.05, 0) is 70.6 Å². The molecule has 1 aliphatic heterocycles. The standard InChI is InChI=1S/C66H125NO10/c1-3-5-7-9-11-13-15-17-19-21-22-23-24-25-26-27-28-29-30-31-32-33-34-35-36-37-38-40-42-44-46-48-50-52-54-59(70)65(75)67-57(56-76-66-64(74)63(73)62(72)60(55-68)77-66)61(71)58(69)53-51-49-47-45-43-41-39-20-18-16-14-12-10-8-6-4-2/h24-25,27-28,45,47,57-64,66,68-74H,3-23,26,29-44,46,48-56H2,1-2H3,(H,67,75)/b25-24-,28-27-,47-45+. The highest BCUT2D eigenvalue weighted by Crippen LogP contribution is 2.24. The minimum absolute atomic E-state index is 0.255. The third-order valence-corrected chi connectivity index (χ3v) is 15.9. The highest BCUT2D eigenvalue weighted by Gasteiger charge is 2.44. The van der Waals surface area contributed by atoms with Crippen molar-refractivity contribution in [1.29, 1.82) is 0 Å². The third-order valence-electron chi connectivity index (χ3n) is 15.9. The predicted molar refractivity (Wildman–Crippen MR) is 321 cm³/mol. The predicted octanol–water partition coefficient (Wildman–Crippen LogP) is 15.0. The Labute approximate surface area is 473 Å². The molecule has 0 aromatic heterocycles. The van der Waals surface area contributed by atoms with E-state index in [1.165, 1.54) is 225 Å². The molecule has 11 heteroatoms. The molecular formula is C66H125NO10. The summed E-state index contributed by atoms with van der Waals surface area (Å²) in [6, 6.07) is -1.18. The average Bonchev–Trinajstić information content (AvgIpc) is 3.43. The molecule has 0 saturated carbocycles. The van der Waals surface area contributed by atoms with Crippen molar-refractivity contribution in [3.63, 3.8) is 0 Å². The van der Waals surface area contributed by atoms with Crippen LogP contribution in [0.4, 0.5) is 0 Å². The first-order valence-corrected chi connectivity index (χ1v) is 32.9. The number of rotatable bonds is 57. The lowest BCUT2D eigenvalue weighted by molar-refractivity contribution is -0.303. The second-order valence-corrected chi connectivity index (χ2v) is 23.2. The molecule has 1 saturated heterocycles. The van der Waals surface area contributed by atoms with E-state index < -0.39 is 74.2 Å². The number of ether oxygens (including phenoxy) is 2. The molecular weight excluding hydrogens is 967 g/mol. The number of hydrogen-bond acceptors (Lipinski definition) is 10. The summed E-state index contributed by atoms with van der Waals surface area (Å²) in [5.74, 6) is -0.703. The van der Waals surface area contributed by atoms with Crippen LogP contribution in [0.3, 0.4) is 0 Å². The van der Waals surface area contributed by atoms with Gasteiger partial charge in [-0.2, -0.15) is 0 Å². The van der Waals surface area contributed by atoms with Crippen LogP contribution in [-0.4, -0.2) is 110 Å². The topological polar surface area (TPSA) is 189 Å². The van der Waals surface area contributed by atoms with E-state index in [0.717, 1.165) is 44.9 Å². The van der Waals surface area contributed by atoms with Gasteiger partial charge < -0.3 is 50.5 Å². The van der Waals surface area contributed by atoms with Crippen LogP contribution >= 0.6 is 0 Å². The summed E-state index contributed by atoms with van der Waals surface area (Å²) < 4.78 is 11.1. The fourth-order valence-corrected chi connectivity index (χ4v) is 10.6. The molecule has 0 radical (unpaired) electrons. The Kier molecular flexibility index (Phi) is 52.3. The number of allylic oxidation sites excluding steroid dienone is 6. The Balaban J connectivity index is 2.18. The number of aliphatic hydroxyl groups excluding tert-OH is 7. The molecule has 0 spiro atoms. The van der Waals surface area contributed by atoms with E-state index in [1.807, 2.05) is 0 Å². The molecule has 1 aliphatic rings. The first-order chi connectivity index (χ1) is 37.7. The lowest BCUT2D eigenvalue weighted by atomic mass is 9.98. The number of carbonyl (C=O) groups excluding carboxylic acids is 1. The summed E-state index contributed by atoms with van der Waals surface area (Å²) in [6.07, 6.45) is 58.0. The molecule has 1 rings (SSSR count).